The number of anilines is 3. The van der Waals surface area contributed by atoms with E-state index in [2.05, 4.69) is 22.0 Å². The van der Waals surface area contributed by atoms with E-state index in [1.807, 2.05) is 60.7 Å². The van der Waals surface area contributed by atoms with E-state index in [1.165, 1.54) is 0 Å². The SMILES string of the molecule is CCN1CCN(c2cc(Nc3ccc(OC)cc3)nc(-c3ccccc3)n2)CC1. The van der Waals surface area contributed by atoms with E-state index in [-0.39, 0.29) is 0 Å². The standard InChI is InChI=1S/C23H27N5O/c1-3-27-13-15-28(16-14-27)22-17-21(24-19-9-11-20(29-2)12-10-19)25-23(26-22)18-7-5-4-6-8-18/h4-12,17H,3,13-16H2,1-2H3,(H,24,25,26). The highest BCUT2D eigenvalue weighted by molar-refractivity contribution is 5.66. The molecule has 1 saturated heterocycles. The fourth-order valence-corrected chi connectivity index (χ4v) is 3.49. The van der Waals surface area contributed by atoms with Gasteiger partial charge in [-0.05, 0) is 30.8 Å². The molecule has 150 valence electrons. The van der Waals surface area contributed by atoms with E-state index in [0.29, 0.717) is 0 Å². The molecule has 4 rings (SSSR count). The van der Waals surface area contributed by atoms with Crippen LogP contribution < -0.4 is 15.0 Å². The number of ether oxygens (including phenoxy) is 1. The smallest absolute Gasteiger partial charge is 0.163 e. The average Bonchev–Trinajstić information content (AvgIpc) is 2.80. The Balaban J connectivity index is 1.64. The van der Waals surface area contributed by atoms with Crippen molar-refractivity contribution in [2.75, 3.05) is 50.1 Å². The quantitative estimate of drug-likeness (QED) is 0.687. The maximum atomic E-state index is 5.25. The van der Waals surface area contributed by atoms with Gasteiger partial charge in [0, 0.05) is 43.5 Å². The Bertz CT molecular complexity index is 922. The lowest BCUT2D eigenvalue weighted by Crippen LogP contribution is -2.46. The Morgan fingerprint density at radius 3 is 2.31 bits per heavy atom. The van der Waals surface area contributed by atoms with Gasteiger partial charge in [0.1, 0.15) is 17.4 Å². The number of hydrogen-bond donors (Lipinski definition) is 1. The van der Waals surface area contributed by atoms with Crippen LogP contribution in [0.15, 0.2) is 60.7 Å². The molecule has 0 atom stereocenters. The Labute approximate surface area is 172 Å². The normalized spacial score (nSPS) is 14.6. The zero-order valence-corrected chi connectivity index (χ0v) is 17.0. The number of methoxy groups -OCH3 is 1. The van der Waals surface area contributed by atoms with Crippen molar-refractivity contribution in [3.63, 3.8) is 0 Å². The minimum absolute atomic E-state index is 0.733. The molecule has 2 heterocycles. The highest BCUT2D eigenvalue weighted by atomic mass is 16.5. The fourth-order valence-electron chi connectivity index (χ4n) is 3.49. The molecular formula is C23H27N5O. The van der Waals surface area contributed by atoms with Crippen molar-refractivity contribution in [2.45, 2.75) is 6.92 Å². The second-order valence-corrected chi connectivity index (χ2v) is 7.08. The number of nitrogens with one attached hydrogen (secondary N) is 1. The topological polar surface area (TPSA) is 53.5 Å². The number of aromatic nitrogens is 2. The molecule has 1 aliphatic rings. The lowest BCUT2D eigenvalue weighted by Gasteiger charge is -2.35. The Hall–Kier alpha value is -3.12. The van der Waals surface area contributed by atoms with Crippen molar-refractivity contribution in [1.82, 2.24) is 14.9 Å². The van der Waals surface area contributed by atoms with Crippen molar-refractivity contribution in [3.05, 3.63) is 60.7 Å². The summed E-state index contributed by atoms with van der Waals surface area (Å²) in [5.74, 6) is 3.32. The average molecular weight is 390 g/mol. The summed E-state index contributed by atoms with van der Waals surface area (Å²) in [6, 6.07) is 20.0. The fraction of sp³-hybridized carbons (Fsp3) is 0.304. The van der Waals surface area contributed by atoms with E-state index in [0.717, 1.165) is 67.2 Å². The van der Waals surface area contributed by atoms with Crippen LogP contribution in [-0.2, 0) is 0 Å². The van der Waals surface area contributed by atoms with Gasteiger partial charge in [0.15, 0.2) is 5.82 Å². The Kier molecular flexibility index (Phi) is 5.91. The van der Waals surface area contributed by atoms with Crippen LogP contribution in [0.3, 0.4) is 0 Å². The van der Waals surface area contributed by atoms with E-state index >= 15 is 0 Å². The van der Waals surface area contributed by atoms with E-state index < -0.39 is 0 Å². The summed E-state index contributed by atoms with van der Waals surface area (Å²) in [4.78, 5) is 14.5. The van der Waals surface area contributed by atoms with Gasteiger partial charge in [-0.15, -0.1) is 0 Å². The van der Waals surface area contributed by atoms with Crippen LogP contribution in [-0.4, -0.2) is 54.7 Å². The number of benzene rings is 2. The largest absolute Gasteiger partial charge is 0.497 e. The molecule has 3 aromatic rings. The second-order valence-electron chi connectivity index (χ2n) is 7.08. The van der Waals surface area contributed by atoms with Gasteiger partial charge in [-0.1, -0.05) is 37.3 Å². The third-order valence-corrected chi connectivity index (χ3v) is 5.25. The van der Waals surface area contributed by atoms with Crippen molar-refractivity contribution >= 4 is 17.3 Å². The summed E-state index contributed by atoms with van der Waals surface area (Å²) >= 11 is 0. The highest BCUT2D eigenvalue weighted by Gasteiger charge is 2.19. The zero-order chi connectivity index (χ0) is 20.1. The Morgan fingerprint density at radius 2 is 1.66 bits per heavy atom. The first kappa shape index (κ1) is 19.2. The van der Waals surface area contributed by atoms with Gasteiger partial charge in [-0.2, -0.15) is 0 Å². The van der Waals surface area contributed by atoms with E-state index in [4.69, 9.17) is 14.7 Å². The second kappa shape index (κ2) is 8.92. The molecular weight excluding hydrogens is 362 g/mol. The maximum Gasteiger partial charge on any atom is 0.163 e. The van der Waals surface area contributed by atoms with Crippen LogP contribution in [0, 0.1) is 0 Å². The molecule has 1 N–H and O–H groups in total. The first-order valence-corrected chi connectivity index (χ1v) is 10.1. The number of piperazine rings is 1. The third-order valence-electron chi connectivity index (χ3n) is 5.25. The number of rotatable bonds is 6. The lowest BCUT2D eigenvalue weighted by molar-refractivity contribution is 0.270. The van der Waals surface area contributed by atoms with Gasteiger partial charge in [0.25, 0.3) is 0 Å². The van der Waals surface area contributed by atoms with Crippen molar-refractivity contribution < 1.29 is 4.74 Å². The number of hydrogen-bond acceptors (Lipinski definition) is 6. The molecule has 1 fully saturated rings. The molecule has 1 aliphatic heterocycles. The van der Waals surface area contributed by atoms with Crippen molar-refractivity contribution in [2.24, 2.45) is 0 Å². The molecule has 0 saturated carbocycles. The molecule has 6 heteroatoms. The highest BCUT2D eigenvalue weighted by Crippen LogP contribution is 2.26. The number of nitrogens with zero attached hydrogens (tertiary/aromatic N) is 4. The summed E-state index contributed by atoms with van der Waals surface area (Å²) < 4.78 is 5.25. The minimum atomic E-state index is 0.733. The molecule has 0 spiro atoms. The lowest BCUT2D eigenvalue weighted by atomic mass is 10.2. The first-order valence-electron chi connectivity index (χ1n) is 10.1. The van der Waals surface area contributed by atoms with Crippen LogP contribution in [0.2, 0.25) is 0 Å². The van der Waals surface area contributed by atoms with E-state index in [9.17, 15) is 0 Å². The number of likely N-dealkylation sites (N-methyl/N-ethyl adjacent to an activating group) is 1. The summed E-state index contributed by atoms with van der Waals surface area (Å²) in [7, 11) is 1.67. The van der Waals surface area contributed by atoms with Gasteiger partial charge in [-0.3, -0.25) is 0 Å². The van der Waals surface area contributed by atoms with Crippen LogP contribution in [0.25, 0.3) is 11.4 Å². The predicted molar refractivity (Wildman–Crippen MR) is 118 cm³/mol. The summed E-state index contributed by atoms with van der Waals surface area (Å²) in [5.41, 5.74) is 1.98. The van der Waals surface area contributed by atoms with Crippen LogP contribution in [0.1, 0.15) is 6.92 Å². The summed E-state index contributed by atoms with van der Waals surface area (Å²) in [6.07, 6.45) is 0. The third kappa shape index (κ3) is 4.66. The molecule has 0 aliphatic carbocycles. The van der Waals surface area contributed by atoms with Gasteiger partial charge in [-0.25, -0.2) is 9.97 Å². The molecule has 6 nitrogen and oxygen atoms in total. The molecule has 1 aromatic heterocycles. The molecule has 0 amide bonds. The zero-order valence-electron chi connectivity index (χ0n) is 17.0. The first-order chi connectivity index (χ1) is 14.2. The van der Waals surface area contributed by atoms with Crippen molar-refractivity contribution in [1.29, 1.82) is 0 Å². The molecule has 29 heavy (non-hydrogen) atoms. The Morgan fingerprint density at radius 1 is 0.931 bits per heavy atom. The summed E-state index contributed by atoms with van der Waals surface area (Å²) in [5, 5.41) is 3.42. The van der Waals surface area contributed by atoms with Gasteiger partial charge in [0.05, 0.1) is 7.11 Å². The monoisotopic (exact) mass is 389 g/mol. The predicted octanol–water partition coefficient (Wildman–Crippen LogP) is 4.04. The molecule has 0 bridgehead atoms. The van der Waals surface area contributed by atoms with Gasteiger partial charge < -0.3 is 19.9 Å². The molecule has 0 unspecified atom stereocenters. The van der Waals surface area contributed by atoms with Crippen molar-refractivity contribution in [3.8, 4) is 17.1 Å². The van der Waals surface area contributed by atoms with Crippen LogP contribution in [0.5, 0.6) is 5.75 Å². The summed E-state index contributed by atoms with van der Waals surface area (Å²) in [6.45, 7) is 7.37. The molecule has 0 radical (unpaired) electrons. The van der Waals surface area contributed by atoms with Crippen LogP contribution in [0.4, 0.5) is 17.3 Å². The maximum absolute atomic E-state index is 5.25. The molecule has 2 aromatic carbocycles. The van der Waals surface area contributed by atoms with Crippen LogP contribution >= 0.6 is 0 Å². The van der Waals surface area contributed by atoms with Gasteiger partial charge >= 0.3 is 0 Å². The minimum Gasteiger partial charge on any atom is -0.497 e. The van der Waals surface area contributed by atoms with E-state index in [1.54, 1.807) is 7.11 Å². The van der Waals surface area contributed by atoms with Gasteiger partial charge in [0.2, 0.25) is 0 Å².